The molecule has 2 rings (SSSR count). The number of aromatic nitrogens is 1. The van der Waals surface area contributed by atoms with E-state index in [0.717, 1.165) is 5.56 Å². The summed E-state index contributed by atoms with van der Waals surface area (Å²) in [5, 5.41) is 10.5. The number of halogens is 1. The predicted molar refractivity (Wildman–Crippen MR) is 86.9 cm³/mol. The number of aliphatic hydroxyl groups is 1. The number of esters is 1. The van der Waals surface area contributed by atoms with E-state index >= 15 is 0 Å². The number of aliphatic hydroxyl groups excluding tert-OH is 1. The number of hydrogen-bond acceptors (Lipinski definition) is 4. The summed E-state index contributed by atoms with van der Waals surface area (Å²) in [6, 6.07) is 8.54. The van der Waals surface area contributed by atoms with Crippen molar-refractivity contribution in [2.24, 2.45) is 5.92 Å². The van der Waals surface area contributed by atoms with Crippen LogP contribution in [0.1, 0.15) is 12.5 Å². The van der Waals surface area contributed by atoms with Crippen LogP contribution in [-0.4, -0.2) is 28.4 Å². The quantitative estimate of drug-likeness (QED) is 0.784. The minimum absolute atomic E-state index is 0.131. The molecule has 6 heteroatoms. The summed E-state index contributed by atoms with van der Waals surface area (Å²) in [4.78, 5) is 23.3. The number of carbonyl (C=O) groups excluding carboxylic acids is 1. The highest BCUT2D eigenvalue weighted by Crippen LogP contribution is 2.17. The zero-order chi connectivity index (χ0) is 17.5. The number of benzene rings is 1. The van der Waals surface area contributed by atoms with Crippen molar-refractivity contribution in [2.45, 2.75) is 26.0 Å². The van der Waals surface area contributed by atoms with Gasteiger partial charge < -0.3 is 14.4 Å². The lowest BCUT2D eigenvalue weighted by molar-refractivity contribution is -0.152. The summed E-state index contributed by atoms with van der Waals surface area (Å²) in [6.45, 7) is 2.05. The van der Waals surface area contributed by atoms with Crippen LogP contribution >= 0.6 is 0 Å². The summed E-state index contributed by atoms with van der Waals surface area (Å²) >= 11 is 0. The van der Waals surface area contributed by atoms with E-state index in [0.29, 0.717) is 0 Å². The predicted octanol–water partition coefficient (Wildman–Crippen LogP) is 1.77. The normalized spacial score (nSPS) is 13.3. The smallest absolute Gasteiger partial charge is 0.311 e. The fourth-order valence-corrected chi connectivity index (χ4v) is 2.41. The maximum Gasteiger partial charge on any atom is 0.311 e. The van der Waals surface area contributed by atoms with E-state index in [1.165, 1.54) is 24.3 Å². The van der Waals surface area contributed by atoms with Gasteiger partial charge in [-0.05, 0) is 31.0 Å². The molecule has 5 nitrogen and oxygen atoms in total. The molecule has 2 aromatic rings. The molecule has 0 fully saturated rings. The van der Waals surface area contributed by atoms with Crippen LogP contribution < -0.4 is 5.43 Å². The monoisotopic (exact) mass is 333 g/mol. The Morgan fingerprint density at radius 1 is 1.21 bits per heavy atom. The first-order chi connectivity index (χ1) is 11.5. The number of hydrogen-bond donors (Lipinski definition) is 1. The molecule has 0 saturated heterocycles. The van der Waals surface area contributed by atoms with Crippen molar-refractivity contribution < 1.29 is 19.0 Å². The number of rotatable bonds is 7. The first-order valence-electron chi connectivity index (χ1n) is 7.75. The highest BCUT2D eigenvalue weighted by atomic mass is 19.1. The van der Waals surface area contributed by atoms with E-state index in [-0.39, 0.29) is 30.8 Å². The lowest BCUT2D eigenvalue weighted by atomic mass is 9.93. The van der Waals surface area contributed by atoms with Crippen molar-refractivity contribution in [3.63, 3.8) is 0 Å². The molecule has 1 N–H and O–H groups in total. The zero-order valence-corrected chi connectivity index (χ0v) is 13.4. The van der Waals surface area contributed by atoms with Crippen LogP contribution in [0, 0.1) is 11.7 Å². The van der Waals surface area contributed by atoms with E-state index < -0.39 is 18.0 Å². The number of ether oxygens (including phenoxy) is 1. The second kappa shape index (κ2) is 8.40. The third-order valence-corrected chi connectivity index (χ3v) is 3.68. The largest absolute Gasteiger partial charge is 0.466 e. The lowest BCUT2D eigenvalue weighted by Crippen LogP contribution is -2.35. The maximum atomic E-state index is 13.0. The van der Waals surface area contributed by atoms with Crippen molar-refractivity contribution >= 4 is 5.97 Å². The fraction of sp³-hybridized carbons (Fsp3) is 0.333. The molecule has 0 radical (unpaired) electrons. The van der Waals surface area contributed by atoms with Crippen LogP contribution in [0.2, 0.25) is 0 Å². The molecule has 0 spiro atoms. The van der Waals surface area contributed by atoms with E-state index in [2.05, 4.69) is 0 Å². The van der Waals surface area contributed by atoms with Gasteiger partial charge in [0.25, 0.3) is 0 Å². The van der Waals surface area contributed by atoms with Crippen molar-refractivity contribution in [3.8, 4) is 0 Å². The molecule has 0 bridgehead atoms. The van der Waals surface area contributed by atoms with Gasteiger partial charge in [0.05, 0.1) is 18.6 Å². The van der Waals surface area contributed by atoms with Gasteiger partial charge in [-0.15, -0.1) is 0 Å². The van der Waals surface area contributed by atoms with Crippen LogP contribution in [0.3, 0.4) is 0 Å². The van der Waals surface area contributed by atoms with E-state index in [1.54, 1.807) is 36.0 Å². The van der Waals surface area contributed by atoms with Gasteiger partial charge in [0, 0.05) is 31.1 Å². The first-order valence-corrected chi connectivity index (χ1v) is 7.75. The van der Waals surface area contributed by atoms with Crippen LogP contribution in [0.25, 0.3) is 0 Å². The molecule has 0 aliphatic carbocycles. The van der Waals surface area contributed by atoms with Crippen LogP contribution in [0.15, 0.2) is 53.6 Å². The minimum atomic E-state index is -1.00. The third kappa shape index (κ3) is 5.03. The lowest BCUT2D eigenvalue weighted by Gasteiger charge is -2.22. The molecule has 0 amide bonds. The first kappa shape index (κ1) is 17.9. The summed E-state index contributed by atoms with van der Waals surface area (Å²) in [5.74, 6) is -1.65. The molecule has 128 valence electrons. The molecular weight excluding hydrogens is 313 g/mol. The summed E-state index contributed by atoms with van der Waals surface area (Å²) in [6.07, 6.45) is 2.33. The van der Waals surface area contributed by atoms with Crippen molar-refractivity contribution in [1.29, 1.82) is 0 Å². The highest BCUT2D eigenvalue weighted by molar-refractivity contribution is 5.73. The molecular formula is C18H20FNO4. The van der Waals surface area contributed by atoms with Crippen molar-refractivity contribution in [2.75, 3.05) is 6.61 Å². The molecule has 0 aliphatic heterocycles. The summed E-state index contributed by atoms with van der Waals surface area (Å²) in [7, 11) is 0. The van der Waals surface area contributed by atoms with Gasteiger partial charge >= 0.3 is 5.97 Å². The fourth-order valence-electron chi connectivity index (χ4n) is 2.41. The average Bonchev–Trinajstić information content (AvgIpc) is 2.56. The Morgan fingerprint density at radius 2 is 1.83 bits per heavy atom. The molecule has 1 aromatic heterocycles. The van der Waals surface area contributed by atoms with Crippen molar-refractivity contribution in [3.05, 3.63) is 70.4 Å². The van der Waals surface area contributed by atoms with Gasteiger partial charge in [-0.1, -0.05) is 12.1 Å². The van der Waals surface area contributed by atoms with Crippen LogP contribution in [0.5, 0.6) is 0 Å². The van der Waals surface area contributed by atoms with Crippen LogP contribution in [-0.2, 0) is 22.5 Å². The molecule has 1 heterocycles. The Bertz CT molecular complexity index is 706. The number of nitrogens with zero attached hydrogens (tertiary/aromatic N) is 1. The second-order valence-corrected chi connectivity index (χ2v) is 5.49. The maximum absolute atomic E-state index is 13.0. The van der Waals surface area contributed by atoms with E-state index in [9.17, 15) is 19.1 Å². The summed E-state index contributed by atoms with van der Waals surface area (Å²) < 4.78 is 19.7. The number of carbonyl (C=O) groups is 1. The zero-order valence-electron chi connectivity index (χ0n) is 13.4. The standard InChI is InChI=1S/C18H20FNO4/c1-2-24-18(23)16(11-13-3-5-14(19)6-4-13)17(22)12-20-9-7-15(21)8-10-20/h3-10,16-17,22H,2,11-12H2,1H3. The molecule has 24 heavy (non-hydrogen) atoms. The molecule has 2 unspecified atom stereocenters. The van der Waals surface area contributed by atoms with Gasteiger partial charge in [-0.2, -0.15) is 0 Å². The SMILES string of the molecule is CCOC(=O)C(Cc1ccc(F)cc1)C(O)Cn1ccc(=O)cc1. The van der Waals surface area contributed by atoms with Gasteiger partial charge in [-0.25, -0.2) is 4.39 Å². The molecule has 0 aliphatic rings. The Balaban J connectivity index is 2.14. The van der Waals surface area contributed by atoms with Gasteiger partial charge in [0.1, 0.15) is 5.82 Å². The van der Waals surface area contributed by atoms with E-state index in [1.807, 2.05) is 0 Å². The minimum Gasteiger partial charge on any atom is -0.466 e. The Morgan fingerprint density at radius 3 is 2.42 bits per heavy atom. The van der Waals surface area contributed by atoms with Crippen LogP contribution in [0.4, 0.5) is 4.39 Å². The second-order valence-electron chi connectivity index (χ2n) is 5.49. The Labute approximate surface area is 139 Å². The van der Waals surface area contributed by atoms with E-state index in [4.69, 9.17) is 4.74 Å². The Kier molecular flexibility index (Phi) is 6.26. The molecule has 0 saturated carbocycles. The average molecular weight is 333 g/mol. The summed E-state index contributed by atoms with van der Waals surface area (Å²) in [5.41, 5.74) is 0.599. The third-order valence-electron chi connectivity index (χ3n) is 3.68. The van der Waals surface area contributed by atoms with Gasteiger partial charge in [-0.3, -0.25) is 9.59 Å². The highest BCUT2D eigenvalue weighted by Gasteiger charge is 2.28. The molecule has 2 atom stereocenters. The molecule has 1 aromatic carbocycles. The topological polar surface area (TPSA) is 68.5 Å². The van der Waals surface area contributed by atoms with Crippen molar-refractivity contribution in [1.82, 2.24) is 4.57 Å². The number of pyridine rings is 1. The van der Waals surface area contributed by atoms with Gasteiger partial charge in [0.2, 0.25) is 0 Å². The Hall–Kier alpha value is -2.47. The van der Waals surface area contributed by atoms with Gasteiger partial charge in [0.15, 0.2) is 5.43 Å².